The summed E-state index contributed by atoms with van der Waals surface area (Å²) in [7, 11) is -2.19. The molecule has 0 saturated heterocycles. The first kappa shape index (κ1) is 28.4. The van der Waals surface area contributed by atoms with E-state index in [-0.39, 0.29) is 30.1 Å². The molecule has 11 heteroatoms. The average Bonchev–Trinajstić information content (AvgIpc) is 3.27. The number of rotatable bonds is 8. The van der Waals surface area contributed by atoms with E-state index in [1.807, 2.05) is 13.8 Å². The minimum absolute atomic E-state index is 0.0381. The van der Waals surface area contributed by atoms with Gasteiger partial charge >= 0.3 is 0 Å². The predicted molar refractivity (Wildman–Crippen MR) is 148 cm³/mol. The van der Waals surface area contributed by atoms with E-state index in [0.29, 0.717) is 41.2 Å². The van der Waals surface area contributed by atoms with Crippen LogP contribution in [0.5, 0.6) is 5.75 Å². The fourth-order valence-corrected chi connectivity index (χ4v) is 5.93. The molecule has 5 rings (SSSR count). The maximum atomic E-state index is 13.9. The Balaban J connectivity index is 1.25. The number of hydrogen-bond acceptors (Lipinski definition) is 6. The smallest absolute Gasteiger partial charge is 0.297 e. The first-order valence-electron chi connectivity index (χ1n) is 13.1. The Morgan fingerprint density at radius 3 is 2.44 bits per heavy atom. The van der Waals surface area contributed by atoms with E-state index in [2.05, 4.69) is 5.10 Å². The van der Waals surface area contributed by atoms with Gasteiger partial charge in [-0.2, -0.15) is 13.5 Å². The van der Waals surface area contributed by atoms with Gasteiger partial charge in [0.15, 0.2) is 0 Å². The highest BCUT2D eigenvalue weighted by molar-refractivity contribution is 7.86. The van der Waals surface area contributed by atoms with Crippen LogP contribution in [0.3, 0.4) is 0 Å². The lowest BCUT2D eigenvalue weighted by atomic mass is 9.95. The minimum atomic E-state index is -3.91. The van der Waals surface area contributed by atoms with Crippen molar-refractivity contribution in [3.8, 4) is 17.0 Å². The fraction of sp³-hybridized carbons (Fsp3) is 0.267. The highest BCUT2D eigenvalue weighted by Crippen LogP contribution is 2.36. The summed E-state index contributed by atoms with van der Waals surface area (Å²) in [5.41, 5.74) is 3.88. The van der Waals surface area contributed by atoms with E-state index in [4.69, 9.17) is 8.92 Å². The Kier molecular flexibility index (Phi) is 7.92. The highest BCUT2D eigenvalue weighted by atomic mass is 32.2. The Labute approximate surface area is 237 Å². The molecule has 1 unspecified atom stereocenters. The highest BCUT2D eigenvalue weighted by Gasteiger charge is 2.33. The van der Waals surface area contributed by atoms with Crippen molar-refractivity contribution in [2.75, 3.05) is 19.8 Å². The number of amides is 1. The SMILES string of the molecule is Cc1ccc(S(=O)(=O)OCCOc2cccc(C(=O)N3CCc4c(nn(C)c4-c4cc(F)cc(F)c4)C3C)c2)cc1. The molecule has 0 fully saturated rings. The van der Waals surface area contributed by atoms with Crippen LogP contribution in [0, 0.1) is 18.6 Å². The summed E-state index contributed by atoms with van der Waals surface area (Å²) < 4.78 is 64.9. The van der Waals surface area contributed by atoms with Crippen LogP contribution in [0.15, 0.2) is 71.6 Å². The molecule has 1 atom stereocenters. The number of hydrogen-bond donors (Lipinski definition) is 0. The van der Waals surface area contributed by atoms with Crippen LogP contribution in [0.2, 0.25) is 0 Å². The van der Waals surface area contributed by atoms with Crippen molar-refractivity contribution in [2.45, 2.75) is 31.2 Å². The van der Waals surface area contributed by atoms with Crippen LogP contribution in [0.25, 0.3) is 11.3 Å². The third kappa shape index (κ3) is 6.01. The summed E-state index contributed by atoms with van der Waals surface area (Å²) >= 11 is 0. The predicted octanol–water partition coefficient (Wildman–Crippen LogP) is 5.22. The van der Waals surface area contributed by atoms with E-state index >= 15 is 0 Å². The average molecular weight is 582 g/mol. The topological polar surface area (TPSA) is 90.7 Å². The Hall–Kier alpha value is -4.09. The van der Waals surface area contributed by atoms with Crippen LogP contribution in [-0.4, -0.2) is 48.8 Å². The number of halogens is 2. The van der Waals surface area contributed by atoms with Crippen molar-refractivity contribution in [1.82, 2.24) is 14.7 Å². The van der Waals surface area contributed by atoms with Crippen molar-refractivity contribution in [3.05, 3.63) is 101 Å². The number of aromatic nitrogens is 2. The number of nitrogens with zero attached hydrogens (tertiary/aromatic N) is 3. The lowest BCUT2D eigenvalue weighted by Crippen LogP contribution is -2.38. The Morgan fingerprint density at radius 2 is 1.73 bits per heavy atom. The number of benzene rings is 3. The first-order valence-corrected chi connectivity index (χ1v) is 14.5. The van der Waals surface area contributed by atoms with Gasteiger partial charge in [-0.25, -0.2) is 8.78 Å². The lowest BCUT2D eigenvalue weighted by molar-refractivity contribution is 0.0673. The fourth-order valence-electron chi connectivity index (χ4n) is 5.03. The van der Waals surface area contributed by atoms with Gasteiger partial charge in [-0.1, -0.05) is 23.8 Å². The van der Waals surface area contributed by atoms with E-state index in [9.17, 15) is 22.0 Å². The summed E-state index contributed by atoms with van der Waals surface area (Å²) in [5.74, 6) is -1.17. The van der Waals surface area contributed by atoms with Crippen LogP contribution in [0.1, 0.15) is 40.1 Å². The second kappa shape index (κ2) is 11.4. The molecule has 1 aliphatic heterocycles. The van der Waals surface area contributed by atoms with Gasteiger partial charge in [0.25, 0.3) is 16.0 Å². The summed E-state index contributed by atoms with van der Waals surface area (Å²) in [4.78, 5) is 15.3. The van der Waals surface area contributed by atoms with E-state index in [0.717, 1.165) is 17.2 Å². The Morgan fingerprint density at radius 1 is 1.02 bits per heavy atom. The molecule has 214 valence electrons. The number of carbonyl (C=O) groups is 1. The van der Waals surface area contributed by atoms with Gasteiger partial charge in [0, 0.05) is 36.3 Å². The van der Waals surface area contributed by atoms with E-state index in [1.54, 1.807) is 53.0 Å². The van der Waals surface area contributed by atoms with E-state index < -0.39 is 21.8 Å². The van der Waals surface area contributed by atoms with Gasteiger partial charge in [0.1, 0.15) is 30.6 Å². The molecule has 8 nitrogen and oxygen atoms in total. The molecule has 0 N–H and O–H groups in total. The summed E-state index contributed by atoms with van der Waals surface area (Å²) in [6.45, 7) is 3.88. The van der Waals surface area contributed by atoms with Gasteiger partial charge in [0.05, 0.1) is 22.3 Å². The van der Waals surface area contributed by atoms with Crippen molar-refractivity contribution in [3.63, 3.8) is 0 Å². The van der Waals surface area contributed by atoms with Gasteiger partial charge in [-0.3, -0.25) is 13.7 Å². The van der Waals surface area contributed by atoms with Crippen LogP contribution < -0.4 is 4.74 Å². The van der Waals surface area contributed by atoms with Crippen molar-refractivity contribution < 1.29 is 30.9 Å². The molecule has 4 aromatic rings. The first-order chi connectivity index (χ1) is 19.5. The molecule has 0 saturated carbocycles. The van der Waals surface area contributed by atoms with Gasteiger partial charge < -0.3 is 9.64 Å². The van der Waals surface area contributed by atoms with Crippen molar-refractivity contribution in [1.29, 1.82) is 0 Å². The number of ether oxygens (including phenoxy) is 1. The normalized spacial score (nSPS) is 15.0. The van der Waals surface area contributed by atoms with Gasteiger partial charge in [0.2, 0.25) is 0 Å². The Bertz CT molecular complexity index is 1680. The molecule has 1 aromatic heterocycles. The number of carbonyl (C=O) groups excluding carboxylic acids is 1. The maximum Gasteiger partial charge on any atom is 0.297 e. The van der Waals surface area contributed by atoms with Crippen LogP contribution in [0.4, 0.5) is 8.78 Å². The molecule has 3 aromatic carbocycles. The van der Waals surface area contributed by atoms with Crippen molar-refractivity contribution in [2.24, 2.45) is 7.05 Å². The molecule has 0 bridgehead atoms. The molecule has 0 spiro atoms. The number of fused-ring (bicyclic) bond motifs is 1. The summed E-state index contributed by atoms with van der Waals surface area (Å²) in [6.07, 6.45) is 0.468. The second-order valence-corrected chi connectivity index (χ2v) is 11.5. The molecule has 2 heterocycles. The van der Waals surface area contributed by atoms with Crippen LogP contribution >= 0.6 is 0 Å². The van der Waals surface area contributed by atoms with Gasteiger partial charge in [-0.05, 0) is 62.7 Å². The molecular weight excluding hydrogens is 552 g/mol. The zero-order valence-electron chi connectivity index (χ0n) is 22.8. The van der Waals surface area contributed by atoms with Crippen LogP contribution in [-0.2, 0) is 27.8 Å². The van der Waals surface area contributed by atoms with E-state index in [1.165, 1.54) is 24.3 Å². The molecule has 41 heavy (non-hydrogen) atoms. The summed E-state index contributed by atoms with van der Waals surface area (Å²) in [5, 5.41) is 4.60. The monoisotopic (exact) mass is 581 g/mol. The molecule has 0 radical (unpaired) electrons. The maximum absolute atomic E-state index is 13.9. The zero-order valence-corrected chi connectivity index (χ0v) is 23.6. The largest absolute Gasteiger partial charge is 0.491 e. The quantitative estimate of drug-likeness (QED) is 0.209. The number of aryl methyl sites for hydroxylation is 2. The molecule has 1 aliphatic rings. The van der Waals surface area contributed by atoms with Crippen molar-refractivity contribution >= 4 is 16.0 Å². The second-order valence-electron chi connectivity index (χ2n) is 9.88. The zero-order chi connectivity index (χ0) is 29.3. The lowest BCUT2D eigenvalue weighted by Gasteiger charge is -2.33. The molecular formula is C30H29F2N3O5S. The molecule has 1 amide bonds. The standard InChI is InChI=1S/C30H29F2N3O5S/c1-19-7-9-26(10-8-19)41(37,38)40-14-13-39-25-6-4-5-21(17-25)30(36)35-12-11-27-28(20(35)2)33-34(3)29(27)22-15-23(31)18-24(32)16-22/h4-10,15-18,20H,11-14H2,1-3H3. The molecule has 0 aliphatic carbocycles. The van der Waals surface area contributed by atoms with Gasteiger partial charge in [-0.15, -0.1) is 0 Å². The minimum Gasteiger partial charge on any atom is -0.491 e. The third-order valence-electron chi connectivity index (χ3n) is 7.02. The third-order valence-corrected chi connectivity index (χ3v) is 8.35. The summed E-state index contributed by atoms with van der Waals surface area (Å²) in [6, 6.07) is 16.0.